The highest BCUT2D eigenvalue weighted by Crippen LogP contribution is 2.23. The van der Waals surface area contributed by atoms with Crippen LogP contribution in [0, 0.1) is 35.7 Å². The van der Waals surface area contributed by atoms with E-state index in [0.717, 1.165) is 26.1 Å². The van der Waals surface area contributed by atoms with Crippen molar-refractivity contribution in [1.29, 1.82) is 5.26 Å². The van der Waals surface area contributed by atoms with Gasteiger partial charge >= 0.3 is 0 Å². The fourth-order valence-corrected chi connectivity index (χ4v) is 3.34. The molecule has 5 nitrogen and oxygen atoms in total. The third kappa shape index (κ3) is 4.42. The van der Waals surface area contributed by atoms with Gasteiger partial charge in [0.15, 0.2) is 0 Å². The van der Waals surface area contributed by atoms with Crippen LogP contribution in [-0.2, 0) is 4.79 Å². The molecule has 7 heteroatoms. The molecule has 0 fully saturated rings. The van der Waals surface area contributed by atoms with Crippen molar-refractivity contribution in [3.63, 3.8) is 0 Å². The lowest BCUT2D eigenvalue weighted by molar-refractivity contribution is -0.113. The predicted molar refractivity (Wildman–Crippen MR) is 99.5 cm³/mol. The van der Waals surface area contributed by atoms with Crippen molar-refractivity contribution >= 4 is 45.9 Å². The first-order valence-electron chi connectivity index (χ1n) is 6.85. The molecular weight excluding hydrogens is 423 g/mol. The smallest absolute Gasteiger partial charge is 0.234 e. The second-order valence-corrected chi connectivity index (χ2v) is 7.21. The summed E-state index contributed by atoms with van der Waals surface area (Å²) < 4.78 is 1.12. The fraction of sp³-hybridized carbons (Fsp3) is 0.250. The third-order valence-electron chi connectivity index (χ3n) is 3.34. The van der Waals surface area contributed by atoms with Gasteiger partial charge in [-0.05, 0) is 72.7 Å². The number of aryl methyl sites for hydroxylation is 2. The molecule has 1 N–H and O–H groups in total. The molecule has 0 saturated carbocycles. The number of anilines is 1. The number of amides is 1. The summed E-state index contributed by atoms with van der Waals surface area (Å²) in [6.45, 7) is 5.60. The van der Waals surface area contributed by atoms with Gasteiger partial charge in [0.05, 0.1) is 17.0 Å². The lowest BCUT2D eigenvalue weighted by Gasteiger charge is -2.09. The summed E-state index contributed by atoms with van der Waals surface area (Å²) in [4.78, 5) is 12.1. The van der Waals surface area contributed by atoms with Crippen LogP contribution in [0.3, 0.4) is 0 Å². The molecule has 0 bridgehead atoms. The maximum absolute atomic E-state index is 12.1. The Morgan fingerprint density at radius 2 is 2.09 bits per heavy atom. The topological polar surface area (TPSA) is 78.7 Å². The first-order chi connectivity index (χ1) is 10.9. The molecular formula is C16H15IN4OS. The summed E-state index contributed by atoms with van der Waals surface area (Å²) in [5, 5.41) is 20.7. The molecule has 1 heterocycles. The van der Waals surface area contributed by atoms with Crippen molar-refractivity contribution in [3.05, 3.63) is 44.2 Å². The summed E-state index contributed by atoms with van der Waals surface area (Å²) >= 11 is 3.45. The molecule has 0 aliphatic rings. The third-order valence-corrected chi connectivity index (χ3v) is 4.97. The Bertz CT molecular complexity index is 801. The lowest BCUT2D eigenvalue weighted by atomic mass is 10.1. The Labute approximate surface area is 153 Å². The van der Waals surface area contributed by atoms with Gasteiger partial charge < -0.3 is 5.32 Å². The molecule has 0 spiro atoms. The number of nitrogens with zero attached hydrogens (tertiary/aromatic N) is 3. The van der Waals surface area contributed by atoms with Crippen LogP contribution in [-0.4, -0.2) is 21.9 Å². The second kappa shape index (κ2) is 7.75. The van der Waals surface area contributed by atoms with Crippen molar-refractivity contribution < 1.29 is 4.79 Å². The maximum Gasteiger partial charge on any atom is 0.234 e. The number of nitrogens with one attached hydrogen (secondary N) is 1. The van der Waals surface area contributed by atoms with Crippen molar-refractivity contribution in [2.45, 2.75) is 25.8 Å². The average molecular weight is 438 g/mol. The minimum absolute atomic E-state index is 0.136. The Morgan fingerprint density at radius 1 is 1.35 bits per heavy atom. The molecule has 2 aromatic rings. The number of carbonyl (C=O) groups excluding carboxylic acids is 1. The zero-order valence-electron chi connectivity index (χ0n) is 13.0. The van der Waals surface area contributed by atoms with Gasteiger partial charge in [-0.1, -0.05) is 11.8 Å². The van der Waals surface area contributed by atoms with Gasteiger partial charge in [-0.25, -0.2) is 0 Å². The molecule has 2 rings (SSSR count). The highest BCUT2D eigenvalue weighted by atomic mass is 127. The molecule has 1 amide bonds. The molecule has 118 valence electrons. The van der Waals surface area contributed by atoms with E-state index in [4.69, 9.17) is 0 Å². The number of rotatable bonds is 4. The van der Waals surface area contributed by atoms with E-state index < -0.39 is 0 Å². The number of carbonyl (C=O) groups is 1. The van der Waals surface area contributed by atoms with Crippen LogP contribution < -0.4 is 5.32 Å². The number of hydrogen-bond donors (Lipinski definition) is 1. The van der Waals surface area contributed by atoms with Crippen LogP contribution in [0.4, 0.5) is 5.69 Å². The molecule has 0 saturated heterocycles. The summed E-state index contributed by atoms with van der Waals surface area (Å²) in [6.07, 6.45) is 0. The average Bonchev–Trinajstić information content (AvgIpc) is 2.51. The quantitative estimate of drug-likeness (QED) is 0.583. The van der Waals surface area contributed by atoms with Gasteiger partial charge in [-0.3, -0.25) is 4.79 Å². The van der Waals surface area contributed by atoms with Gasteiger partial charge in [-0.2, -0.15) is 10.4 Å². The van der Waals surface area contributed by atoms with E-state index in [9.17, 15) is 10.1 Å². The van der Waals surface area contributed by atoms with E-state index in [2.05, 4.69) is 44.2 Å². The molecule has 1 aromatic carbocycles. The zero-order valence-corrected chi connectivity index (χ0v) is 15.9. The summed E-state index contributed by atoms with van der Waals surface area (Å²) in [6, 6.07) is 7.97. The largest absolute Gasteiger partial charge is 0.325 e. The van der Waals surface area contributed by atoms with Crippen LogP contribution in [0.1, 0.15) is 22.4 Å². The normalized spacial score (nSPS) is 10.2. The number of thioether (sulfide) groups is 1. The van der Waals surface area contributed by atoms with E-state index in [1.807, 2.05) is 39.0 Å². The molecule has 0 aliphatic carbocycles. The van der Waals surface area contributed by atoms with Crippen LogP contribution in [0.5, 0.6) is 0 Å². The van der Waals surface area contributed by atoms with Crippen LogP contribution in [0.25, 0.3) is 0 Å². The van der Waals surface area contributed by atoms with Crippen LogP contribution >= 0.6 is 34.4 Å². The molecule has 0 atom stereocenters. The number of benzene rings is 1. The van der Waals surface area contributed by atoms with Gasteiger partial charge in [0.1, 0.15) is 11.1 Å². The first-order valence-corrected chi connectivity index (χ1v) is 8.91. The fourth-order valence-electron chi connectivity index (χ4n) is 1.91. The highest BCUT2D eigenvalue weighted by Gasteiger charge is 2.13. The molecule has 0 unspecified atom stereocenters. The maximum atomic E-state index is 12.1. The lowest BCUT2D eigenvalue weighted by Crippen LogP contribution is -2.15. The van der Waals surface area contributed by atoms with E-state index in [1.165, 1.54) is 11.8 Å². The van der Waals surface area contributed by atoms with E-state index in [-0.39, 0.29) is 11.7 Å². The number of hydrogen-bond acceptors (Lipinski definition) is 5. The monoisotopic (exact) mass is 438 g/mol. The molecule has 23 heavy (non-hydrogen) atoms. The highest BCUT2D eigenvalue weighted by molar-refractivity contribution is 14.1. The molecule has 0 aliphatic heterocycles. The number of nitriles is 1. The Kier molecular flexibility index (Phi) is 5.96. The summed E-state index contributed by atoms with van der Waals surface area (Å²) in [5.74, 6) is 0.0420. The van der Waals surface area contributed by atoms with E-state index in [0.29, 0.717) is 10.6 Å². The van der Waals surface area contributed by atoms with Gasteiger partial charge in [-0.15, -0.1) is 5.10 Å². The van der Waals surface area contributed by atoms with Crippen molar-refractivity contribution in [2.24, 2.45) is 0 Å². The Hall–Kier alpha value is -1.66. The molecule has 1 aromatic heterocycles. The van der Waals surface area contributed by atoms with Crippen LogP contribution in [0.2, 0.25) is 0 Å². The van der Waals surface area contributed by atoms with Crippen molar-refractivity contribution in [1.82, 2.24) is 10.2 Å². The van der Waals surface area contributed by atoms with Crippen molar-refractivity contribution in [3.8, 4) is 6.07 Å². The zero-order chi connectivity index (χ0) is 17.0. The standard InChI is InChI=1S/C16H15IN4OS/c1-9-6-12(17)4-5-14(9)19-15(22)8-23-16-13(7-18)10(2)11(3)20-21-16/h4-6H,8H2,1-3H3,(H,19,22). The summed E-state index contributed by atoms with van der Waals surface area (Å²) in [5.41, 5.74) is 3.83. The Balaban J connectivity index is 2.05. The minimum Gasteiger partial charge on any atom is -0.325 e. The van der Waals surface area contributed by atoms with Crippen LogP contribution in [0.15, 0.2) is 23.2 Å². The van der Waals surface area contributed by atoms with Gasteiger partial charge in [0, 0.05) is 9.26 Å². The van der Waals surface area contributed by atoms with E-state index >= 15 is 0 Å². The summed E-state index contributed by atoms with van der Waals surface area (Å²) in [7, 11) is 0. The van der Waals surface area contributed by atoms with Crippen molar-refractivity contribution in [2.75, 3.05) is 11.1 Å². The first kappa shape index (κ1) is 17.7. The van der Waals surface area contributed by atoms with Gasteiger partial charge in [0.25, 0.3) is 0 Å². The predicted octanol–water partition coefficient (Wildman–Crippen LogP) is 3.61. The molecule has 0 radical (unpaired) electrons. The minimum atomic E-state index is -0.136. The SMILES string of the molecule is Cc1cc(I)ccc1NC(=O)CSc1nnc(C)c(C)c1C#N. The Morgan fingerprint density at radius 3 is 2.74 bits per heavy atom. The van der Waals surface area contributed by atoms with Gasteiger partial charge in [0.2, 0.25) is 5.91 Å². The number of aromatic nitrogens is 2. The van der Waals surface area contributed by atoms with E-state index in [1.54, 1.807) is 0 Å². The second-order valence-electron chi connectivity index (χ2n) is 5.00. The number of halogens is 1.